The summed E-state index contributed by atoms with van der Waals surface area (Å²) in [4.78, 5) is 51.7. The number of carbonyl (C=O) groups is 2. The summed E-state index contributed by atoms with van der Waals surface area (Å²) >= 11 is 1.49. The average Bonchev–Trinajstić information content (AvgIpc) is 3.82. The Bertz CT molecular complexity index is 1440. The highest BCUT2D eigenvalue weighted by Crippen LogP contribution is 2.40. The van der Waals surface area contributed by atoms with E-state index in [1.807, 2.05) is 31.2 Å². The van der Waals surface area contributed by atoms with Crippen molar-refractivity contribution in [1.29, 1.82) is 0 Å². The molecular formula is C28H30N4O4S. The molecule has 0 saturated heterocycles. The first-order valence-electron chi connectivity index (χ1n) is 13.0. The van der Waals surface area contributed by atoms with Gasteiger partial charge in [-0.2, -0.15) is 0 Å². The van der Waals surface area contributed by atoms with Crippen molar-refractivity contribution in [3.63, 3.8) is 0 Å². The molecule has 3 aliphatic rings. The number of anilines is 4. The van der Waals surface area contributed by atoms with Crippen LogP contribution in [0.15, 0.2) is 33.9 Å². The molecule has 9 heteroatoms. The van der Waals surface area contributed by atoms with Crippen LogP contribution < -0.4 is 32.1 Å². The Morgan fingerprint density at radius 1 is 0.973 bits per heavy atom. The number of carbonyl (C=O) groups excluding carboxylic acids is 2. The molecule has 4 N–H and O–H groups in total. The van der Waals surface area contributed by atoms with Gasteiger partial charge < -0.3 is 21.3 Å². The third-order valence-electron chi connectivity index (χ3n) is 7.50. The zero-order valence-electron chi connectivity index (χ0n) is 20.7. The Morgan fingerprint density at radius 2 is 1.70 bits per heavy atom. The van der Waals surface area contributed by atoms with Crippen molar-refractivity contribution in [2.75, 3.05) is 22.5 Å². The number of rotatable bonds is 9. The van der Waals surface area contributed by atoms with Crippen LogP contribution in [0.2, 0.25) is 0 Å². The topological polar surface area (TPSA) is 116 Å². The zero-order chi connectivity index (χ0) is 25.7. The van der Waals surface area contributed by atoms with Crippen molar-refractivity contribution in [2.24, 2.45) is 11.8 Å². The largest absolute Gasteiger partial charge is 0.377 e. The van der Waals surface area contributed by atoms with E-state index in [9.17, 15) is 19.2 Å². The molecule has 37 heavy (non-hydrogen) atoms. The van der Waals surface area contributed by atoms with E-state index < -0.39 is 10.9 Å². The minimum absolute atomic E-state index is 0.0138. The monoisotopic (exact) mass is 518 g/mol. The molecule has 3 aromatic rings. The van der Waals surface area contributed by atoms with Crippen LogP contribution in [-0.2, 0) is 17.6 Å². The summed E-state index contributed by atoms with van der Waals surface area (Å²) in [5.74, 6) is 0.433. The van der Waals surface area contributed by atoms with Crippen molar-refractivity contribution >= 4 is 45.2 Å². The van der Waals surface area contributed by atoms with Crippen LogP contribution in [0.5, 0.6) is 0 Å². The van der Waals surface area contributed by atoms with Gasteiger partial charge in [0.2, 0.25) is 5.91 Å². The average molecular weight is 519 g/mol. The lowest BCUT2D eigenvalue weighted by atomic mass is 9.90. The van der Waals surface area contributed by atoms with Gasteiger partial charge in [-0.3, -0.25) is 19.2 Å². The van der Waals surface area contributed by atoms with E-state index in [0.29, 0.717) is 35.1 Å². The molecule has 2 saturated carbocycles. The first-order valence-corrected chi connectivity index (χ1v) is 13.9. The molecule has 2 amide bonds. The number of aryl methyl sites for hydroxylation is 2. The van der Waals surface area contributed by atoms with Gasteiger partial charge in [0, 0.05) is 29.1 Å². The first kappa shape index (κ1) is 23.9. The second kappa shape index (κ2) is 9.45. The van der Waals surface area contributed by atoms with Gasteiger partial charge in [0.1, 0.15) is 16.4 Å². The smallest absolute Gasteiger partial charge is 0.254 e. The summed E-state index contributed by atoms with van der Waals surface area (Å²) < 4.78 is 0. The normalized spacial score (nSPS) is 18.8. The Labute approximate surface area is 218 Å². The second-order valence-corrected chi connectivity index (χ2v) is 11.7. The Kier molecular flexibility index (Phi) is 6.10. The van der Waals surface area contributed by atoms with Crippen LogP contribution in [0.3, 0.4) is 0 Å². The van der Waals surface area contributed by atoms with Crippen molar-refractivity contribution in [3.8, 4) is 0 Å². The number of hydrogen-bond acceptors (Lipinski definition) is 7. The number of amides is 2. The van der Waals surface area contributed by atoms with Crippen LogP contribution in [0, 0.1) is 18.8 Å². The molecule has 0 aliphatic heterocycles. The quantitative estimate of drug-likeness (QED) is 0.320. The van der Waals surface area contributed by atoms with Gasteiger partial charge in [0.25, 0.3) is 16.8 Å². The molecule has 0 spiro atoms. The zero-order valence-corrected chi connectivity index (χ0v) is 21.6. The van der Waals surface area contributed by atoms with Crippen LogP contribution in [0.1, 0.15) is 58.5 Å². The molecule has 6 rings (SSSR count). The van der Waals surface area contributed by atoms with Crippen LogP contribution in [0.25, 0.3) is 0 Å². The van der Waals surface area contributed by atoms with Crippen LogP contribution in [-0.4, -0.2) is 24.4 Å². The maximum absolute atomic E-state index is 13.3. The number of fused-ring (bicyclic) bond motifs is 1. The predicted octanol–water partition coefficient (Wildman–Crippen LogP) is 3.85. The third-order valence-corrected chi connectivity index (χ3v) is 8.71. The van der Waals surface area contributed by atoms with E-state index in [0.717, 1.165) is 60.2 Å². The molecule has 1 unspecified atom stereocenters. The second-order valence-electron chi connectivity index (χ2n) is 10.6. The predicted molar refractivity (Wildman–Crippen MR) is 146 cm³/mol. The Hall–Kier alpha value is -3.46. The fourth-order valence-corrected chi connectivity index (χ4v) is 6.12. The van der Waals surface area contributed by atoms with E-state index in [1.165, 1.54) is 11.3 Å². The minimum Gasteiger partial charge on any atom is -0.377 e. The lowest BCUT2D eigenvalue weighted by Gasteiger charge is -2.26. The summed E-state index contributed by atoms with van der Waals surface area (Å²) in [5, 5.41) is 13.1. The van der Waals surface area contributed by atoms with Crippen LogP contribution >= 0.6 is 11.3 Å². The van der Waals surface area contributed by atoms with E-state index in [1.54, 1.807) is 0 Å². The molecule has 8 nitrogen and oxygen atoms in total. The van der Waals surface area contributed by atoms with E-state index >= 15 is 0 Å². The number of thiophene rings is 1. The highest BCUT2D eigenvalue weighted by atomic mass is 32.1. The fraction of sp³-hybridized carbons (Fsp3) is 0.429. The fourth-order valence-electron chi connectivity index (χ4n) is 4.88. The molecule has 0 bridgehead atoms. The lowest BCUT2D eigenvalue weighted by molar-refractivity contribution is -0.117. The highest BCUT2D eigenvalue weighted by molar-refractivity contribution is 7.17. The third kappa shape index (κ3) is 4.92. The molecule has 2 fully saturated rings. The molecule has 1 heterocycles. The molecule has 0 radical (unpaired) electrons. The maximum atomic E-state index is 13.3. The highest BCUT2D eigenvalue weighted by Gasteiger charge is 2.35. The maximum Gasteiger partial charge on any atom is 0.254 e. The summed E-state index contributed by atoms with van der Waals surface area (Å²) in [7, 11) is 0. The van der Waals surface area contributed by atoms with Gasteiger partial charge >= 0.3 is 0 Å². The summed E-state index contributed by atoms with van der Waals surface area (Å²) in [6, 6.07) is 7.52. The van der Waals surface area contributed by atoms with Gasteiger partial charge in [-0.15, -0.1) is 11.3 Å². The van der Waals surface area contributed by atoms with Gasteiger partial charge in [-0.1, -0.05) is 17.7 Å². The summed E-state index contributed by atoms with van der Waals surface area (Å²) in [6.07, 6.45) is 6.10. The van der Waals surface area contributed by atoms with Crippen LogP contribution in [0.4, 0.5) is 22.1 Å². The van der Waals surface area contributed by atoms with E-state index in [-0.39, 0.29) is 29.5 Å². The summed E-state index contributed by atoms with van der Waals surface area (Å²) in [5.41, 5.74) is 2.87. The summed E-state index contributed by atoms with van der Waals surface area (Å²) in [6.45, 7) is 2.64. The molecule has 1 aromatic heterocycles. The molecule has 192 valence electrons. The SMILES string of the molecule is Cc1ccc(Nc2c(NC3CCc4sc(NC(=O)C5CC5)c(C(=O)NCC5CC5)c4C3)c(=O)c2=O)cc1. The van der Waals surface area contributed by atoms with Crippen molar-refractivity contribution in [2.45, 2.75) is 57.9 Å². The van der Waals surface area contributed by atoms with Gasteiger partial charge in [0.05, 0.1) is 5.56 Å². The van der Waals surface area contributed by atoms with Gasteiger partial charge in [-0.05, 0) is 75.5 Å². The molecule has 1 atom stereocenters. The number of benzene rings is 1. The minimum atomic E-state index is -0.527. The van der Waals surface area contributed by atoms with Gasteiger partial charge in [-0.25, -0.2) is 0 Å². The van der Waals surface area contributed by atoms with E-state index in [4.69, 9.17) is 0 Å². The first-order chi connectivity index (χ1) is 17.9. The molecule has 2 aromatic carbocycles. The molecule has 3 aliphatic carbocycles. The lowest BCUT2D eigenvalue weighted by Crippen LogP contribution is -2.40. The van der Waals surface area contributed by atoms with Crippen molar-refractivity contribution < 1.29 is 9.59 Å². The number of nitrogens with one attached hydrogen (secondary N) is 4. The molecular weight excluding hydrogens is 488 g/mol. The number of hydrogen-bond donors (Lipinski definition) is 4. The van der Waals surface area contributed by atoms with Crippen molar-refractivity contribution in [1.82, 2.24) is 5.32 Å². The van der Waals surface area contributed by atoms with E-state index in [2.05, 4.69) is 21.3 Å². The van der Waals surface area contributed by atoms with Gasteiger partial charge in [0.15, 0.2) is 0 Å². The Morgan fingerprint density at radius 3 is 2.41 bits per heavy atom. The Balaban J connectivity index is 1.22. The standard InChI is InChI=1S/C28H30N4O4S/c1-14-2-8-17(9-3-14)30-22-23(25(34)24(22)33)31-18-10-11-20-19(12-18)21(27(36)29-13-15-4-5-15)28(37-20)32-26(35)16-6-7-16/h2-3,8-9,15-16,18,30-31H,4-7,10-13H2,1H3,(H,29,36)(H,32,35). The van der Waals surface area contributed by atoms with Crippen molar-refractivity contribution in [3.05, 3.63) is 66.3 Å².